The van der Waals surface area contributed by atoms with Gasteiger partial charge in [0.2, 0.25) is 0 Å². The van der Waals surface area contributed by atoms with Crippen LogP contribution in [0.4, 0.5) is 0 Å². The van der Waals surface area contributed by atoms with Crippen LogP contribution in [0.3, 0.4) is 0 Å². The van der Waals surface area contributed by atoms with Crippen molar-refractivity contribution in [1.82, 2.24) is 0 Å². The summed E-state index contributed by atoms with van der Waals surface area (Å²) < 4.78 is 5.32. The zero-order chi connectivity index (χ0) is 10.7. The van der Waals surface area contributed by atoms with E-state index in [-0.39, 0.29) is 11.3 Å². The van der Waals surface area contributed by atoms with Gasteiger partial charge in [-0.1, -0.05) is 19.8 Å². The second-order valence-electron chi connectivity index (χ2n) is 4.68. The number of unbranched alkanes of at least 4 members (excludes halogenated alkanes) is 1. The van der Waals surface area contributed by atoms with Crippen LogP contribution in [0, 0.1) is 0 Å². The number of ether oxygens (including phenoxy) is 1. The maximum absolute atomic E-state index is 5.32. The lowest BCUT2D eigenvalue weighted by Gasteiger charge is -2.34. The smallest absolute Gasteiger partial charge is 0.175 e. The van der Waals surface area contributed by atoms with Crippen LogP contribution >= 0.6 is 0 Å². The molecule has 2 atom stereocenters. The fourth-order valence-corrected chi connectivity index (χ4v) is 1.70. The summed E-state index contributed by atoms with van der Waals surface area (Å²) in [4.78, 5) is 0. The molecule has 1 aliphatic rings. The Kier molecular flexibility index (Phi) is 3.65. The molecule has 2 unspecified atom stereocenters. The SMILES string of the molecule is CCCCC1(C)CCC(C)(OC)N=N1. The molecule has 0 bridgehead atoms. The fraction of sp³-hybridized carbons (Fsp3) is 1.00. The number of rotatable bonds is 4. The van der Waals surface area contributed by atoms with Crippen molar-refractivity contribution in [1.29, 1.82) is 0 Å². The summed E-state index contributed by atoms with van der Waals surface area (Å²) in [6.07, 6.45) is 5.67. The first kappa shape index (κ1) is 11.6. The largest absolute Gasteiger partial charge is 0.356 e. The average molecular weight is 198 g/mol. The van der Waals surface area contributed by atoms with Gasteiger partial charge in [0.05, 0.1) is 5.54 Å². The van der Waals surface area contributed by atoms with E-state index in [2.05, 4.69) is 24.1 Å². The first-order chi connectivity index (χ1) is 6.54. The summed E-state index contributed by atoms with van der Waals surface area (Å²) in [5.74, 6) is 0. The second kappa shape index (κ2) is 4.39. The third-order valence-electron chi connectivity index (χ3n) is 3.14. The van der Waals surface area contributed by atoms with E-state index in [1.54, 1.807) is 7.11 Å². The number of azo groups is 1. The van der Waals surface area contributed by atoms with Gasteiger partial charge in [-0.15, -0.1) is 0 Å². The lowest BCUT2D eigenvalue weighted by molar-refractivity contribution is -0.0212. The first-order valence-corrected chi connectivity index (χ1v) is 5.53. The van der Waals surface area contributed by atoms with Crippen molar-refractivity contribution in [3.8, 4) is 0 Å². The van der Waals surface area contributed by atoms with Crippen LogP contribution < -0.4 is 0 Å². The van der Waals surface area contributed by atoms with Gasteiger partial charge in [-0.3, -0.25) is 0 Å². The van der Waals surface area contributed by atoms with Crippen molar-refractivity contribution in [3.05, 3.63) is 0 Å². The molecular formula is C11H22N2O. The average Bonchev–Trinajstić information content (AvgIpc) is 2.21. The van der Waals surface area contributed by atoms with Gasteiger partial charge >= 0.3 is 0 Å². The topological polar surface area (TPSA) is 34.0 Å². The van der Waals surface area contributed by atoms with Crippen molar-refractivity contribution in [2.24, 2.45) is 10.2 Å². The van der Waals surface area contributed by atoms with Crippen LogP contribution in [0.1, 0.15) is 52.9 Å². The quantitative estimate of drug-likeness (QED) is 0.680. The standard InChI is InChI=1S/C11H22N2O/c1-5-6-7-10(2)8-9-11(3,14-4)13-12-10/h5-9H2,1-4H3. The molecule has 0 amide bonds. The Morgan fingerprint density at radius 1 is 1.21 bits per heavy atom. The van der Waals surface area contributed by atoms with Crippen LogP contribution in [0.5, 0.6) is 0 Å². The minimum Gasteiger partial charge on any atom is -0.356 e. The molecule has 3 nitrogen and oxygen atoms in total. The van der Waals surface area contributed by atoms with Gasteiger partial charge < -0.3 is 4.74 Å². The lowest BCUT2D eigenvalue weighted by Crippen LogP contribution is -2.35. The minimum absolute atomic E-state index is 0.0635. The molecule has 82 valence electrons. The molecule has 0 aromatic carbocycles. The number of hydrogen-bond donors (Lipinski definition) is 0. The van der Waals surface area contributed by atoms with Gasteiger partial charge in [0.25, 0.3) is 0 Å². The number of methoxy groups -OCH3 is 1. The second-order valence-corrected chi connectivity index (χ2v) is 4.68. The summed E-state index contributed by atoms with van der Waals surface area (Å²) in [7, 11) is 1.70. The molecule has 0 aromatic heterocycles. The van der Waals surface area contributed by atoms with E-state index in [4.69, 9.17) is 4.74 Å². The minimum atomic E-state index is -0.369. The molecule has 0 fully saturated rings. The Morgan fingerprint density at radius 3 is 2.36 bits per heavy atom. The van der Waals surface area contributed by atoms with Crippen LogP contribution in [-0.2, 0) is 4.74 Å². The molecule has 0 spiro atoms. The van der Waals surface area contributed by atoms with Crippen LogP contribution in [0.2, 0.25) is 0 Å². The summed E-state index contributed by atoms with van der Waals surface area (Å²) in [6.45, 7) is 6.40. The molecule has 1 heterocycles. The van der Waals surface area contributed by atoms with E-state index in [1.165, 1.54) is 12.8 Å². The van der Waals surface area contributed by atoms with E-state index in [0.29, 0.717) is 0 Å². The van der Waals surface area contributed by atoms with Crippen LogP contribution in [0.25, 0.3) is 0 Å². The molecular weight excluding hydrogens is 176 g/mol. The number of nitrogens with zero attached hydrogens (tertiary/aromatic N) is 2. The fourth-order valence-electron chi connectivity index (χ4n) is 1.70. The van der Waals surface area contributed by atoms with Crippen molar-refractivity contribution in [2.45, 2.75) is 64.1 Å². The molecule has 0 radical (unpaired) electrons. The van der Waals surface area contributed by atoms with E-state index < -0.39 is 0 Å². The molecule has 1 rings (SSSR count). The molecule has 0 saturated heterocycles. The normalized spacial score (nSPS) is 37.4. The molecule has 1 aliphatic heterocycles. The highest BCUT2D eigenvalue weighted by atomic mass is 16.5. The first-order valence-electron chi connectivity index (χ1n) is 5.53. The monoisotopic (exact) mass is 198 g/mol. The van der Waals surface area contributed by atoms with Gasteiger partial charge in [0.15, 0.2) is 5.72 Å². The predicted molar refractivity (Wildman–Crippen MR) is 57.4 cm³/mol. The van der Waals surface area contributed by atoms with Crippen molar-refractivity contribution < 1.29 is 4.74 Å². The van der Waals surface area contributed by atoms with Crippen molar-refractivity contribution in [3.63, 3.8) is 0 Å². The summed E-state index contributed by atoms with van der Waals surface area (Å²) in [6, 6.07) is 0. The summed E-state index contributed by atoms with van der Waals surface area (Å²) in [5, 5.41) is 8.71. The number of hydrogen-bond acceptors (Lipinski definition) is 3. The summed E-state index contributed by atoms with van der Waals surface area (Å²) in [5.41, 5.74) is -0.306. The van der Waals surface area contributed by atoms with Gasteiger partial charge in [0.1, 0.15) is 0 Å². The van der Waals surface area contributed by atoms with Crippen molar-refractivity contribution in [2.75, 3.05) is 7.11 Å². The van der Waals surface area contributed by atoms with Gasteiger partial charge in [-0.2, -0.15) is 10.2 Å². The molecule has 14 heavy (non-hydrogen) atoms. The van der Waals surface area contributed by atoms with Gasteiger partial charge in [-0.05, 0) is 26.7 Å². The Labute approximate surface area is 86.9 Å². The molecule has 0 aliphatic carbocycles. The molecule has 0 N–H and O–H groups in total. The van der Waals surface area contributed by atoms with E-state index >= 15 is 0 Å². The zero-order valence-corrected chi connectivity index (χ0v) is 9.84. The summed E-state index contributed by atoms with van der Waals surface area (Å²) >= 11 is 0. The molecule has 0 saturated carbocycles. The van der Waals surface area contributed by atoms with Gasteiger partial charge in [-0.25, -0.2) is 0 Å². The highest BCUT2D eigenvalue weighted by molar-refractivity contribution is 4.89. The maximum atomic E-state index is 5.32. The van der Waals surface area contributed by atoms with E-state index in [9.17, 15) is 0 Å². The highest BCUT2D eigenvalue weighted by Gasteiger charge is 2.35. The predicted octanol–water partition coefficient (Wildman–Crippen LogP) is 3.54. The molecule has 3 heteroatoms. The van der Waals surface area contributed by atoms with Gasteiger partial charge in [0, 0.05) is 13.5 Å². The van der Waals surface area contributed by atoms with Crippen molar-refractivity contribution >= 4 is 0 Å². The van der Waals surface area contributed by atoms with Crippen LogP contribution in [-0.4, -0.2) is 18.4 Å². The van der Waals surface area contributed by atoms with E-state index in [0.717, 1.165) is 19.3 Å². The third kappa shape index (κ3) is 2.77. The van der Waals surface area contributed by atoms with E-state index in [1.807, 2.05) is 6.92 Å². The highest BCUT2D eigenvalue weighted by Crippen LogP contribution is 2.35. The Hall–Kier alpha value is -0.440. The van der Waals surface area contributed by atoms with Crippen LogP contribution in [0.15, 0.2) is 10.2 Å². The Morgan fingerprint density at radius 2 is 1.93 bits per heavy atom. The Balaban J connectivity index is 2.57. The Bertz CT molecular complexity index is 217. The third-order valence-corrected chi connectivity index (χ3v) is 3.14. The maximum Gasteiger partial charge on any atom is 0.175 e. The molecule has 0 aromatic rings. The zero-order valence-electron chi connectivity index (χ0n) is 9.84. The lowest BCUT2D eigenvalue weighted by atomic mass is 9.87.